The van der Waals surface area contributed by atoms with E-state index in [2.05, 4.69) is 20.2 Å². The van der Waals surface area contributed by atoms with Crippen LogP contribution in [0.1, 0.15) is 12.6 Å². The van der Waals surface area contributed by atoms with Crippen molar-refractivity contribution >= 4 is 34.8 Å². The number of aryl methyl sites for hydroxylation is 1. The molecule has 0 bridgehead atoms. The first-order valence-corrected chi connectivity index (χ1v) is 9.89. The highest BCUT2D eigenvalue weighted by Gasteiger charge is 2.34. The first kappa shape index (κ1) is 21.8. The number of hydrogen-bond donors (Lipinski definition) is 0. The van der Waals surface area contributed by atoms with Crippen molar-refractivity contribution in [1.82, 2.24) is 29.6 Å². The highest BCUT2D eigenvalue weighted by molar-refractivity contribution is 7.99. The van der Waals surface area contributed by atoms with E-state index in [1.165, 1.54) is 21.6 Å². The molecule has 3 aromatic rings. The Morgan fingerprint density at radius 2 is 1.87 bits per heavy atom. The van der Waals surface area contributed by atoms with E-state index in [4.69, 9.17) is 0 Å². The third kappa shape index (κ3) is 4.04. The second-order valence-electron chi connectivity index (χ2n) is 6.62. The van der Waals surface area contributed by atoms with E-state index in [1.54, 1.807) is 38.8 Å². The predicted octanol–water partition coefficient (Wildman–Crippen LogP) is 3.67. The Balaban J connectivity index is 2.17. The van der Waals surface area contributed by atoms with E-state index >= 15 is 0 Å². The van der Waals surface area contributed by atoms with Crippen LogP contribution in [0, 0.1) is 0 Å². The molecular weight excluding hydrogens is 419 g/mol. The number of aromatic nitrogens is 5. The monoisotopic (exact) mass is 439 g/mol. The van der Waals surface area contributed by atoms with Gasteiger partial charge in [-0.15, -0.1) is 22.0 Å². The lowest BCUT2D eigenvalue weighted by Crippen LogP contribution is -2.36. The molecule has 3 heterocycles. The number of carbonyl (C=O) groups excluding carboxylic acids is 1. The fraction of sp³-hybridized carbons (Fsp3) is 0.389. The van der Waals surface area contributed by atoms with Gasteiger partial charge in [-0.05, 0) is 17.9 Å². The second kappa shape index (κ2) is 8.09. The third-order valence-corrected chi connectivity index (χ3v) is 5.20. The number of nitrogens with zero attached hydrogens (tertiary/aromatic N) is 7. The van der Waals surface area contributed by atoms with E-state index in [0.29, 0.717) is 17.3 Å². The Morgan fingerprint density at radius 1 is 1.17 bits per heavy atom. The van der Waals surface area contributed by atoms with Crippen LogP contribution in [0.25, 0.3) is 22.7 Å². The van der Waals surface area contributed by atoms with E-state index < -0.39 is 11.9 Å². The topological polar surface area (TPSA) is 80.0 Å². The average molecular weight is 439 g/mol. The number of alkyl halides is 3. The van der Waals surface area contributed by atoms with Gasteiger partial charge in [-0.2, -0.15) is 13.2 Å². The van der Waals surface area contributed by atoms with Crippen molar-refractivity contribution in [3.8, 4) is 11.5 Å². The van der Waals surface area contributed by atoms with Crippen LogP contribution in [0.2, 0.25) is 0 Å². The summed E-state index contributed by atoms with van der Waals surface area (Å²) in [5.74, 6) is 1.48. The SMILES string of the molecule is CCSc1ccc(N(C)C(=O)N(C)C)nc1-c1nc2cc(C(F)(F)F)nnc2n1C. The van der Waals surface area contributed by atoms with Crippen molar-refractivity contribution < 1.29 is 18.0 Å². The Kier molecular flexibility index (Phi) is 5.88. The Labute approximate surface area is 175 Å². The second-order valence-corrected chi connectivity index (χ2v) is 7.92. The van der Waals surface area contributed by atoms with Crippen molar-refractivity contribution in [2.24, 2.45) is 7.05 Å². The Bertz CT molecular complexity index is 1100. The minimum Gasteiger partial charge on any atom is -0.330 e. The van der Waals surface area contributed by atoms with E-state index in [0.717, 1.165) is 16.7 Å². The van der Waals surface area contributed by atoms with Gasteiger partial charge in [-0.1, -0.05) is 6.92 Å². The molecular formula is C18H20F3N7OS. The van der Waals surface area contributed by atoms with Gasteiger partial charge in [-0.3, -0.25) is 4.90 Å². The molecule has 0 spiro atoms. The number of fused-ring (bicyclic) bond motifs is 1. The van der Waals surface area contributed by atoms with Crippen LogP contribution in [0.3, 0.4) is 0 Å². The number of imidazole rings is 1. The summed E-state index contributed by atoms with van der Waals surface area (Å²) in [6, 6.07) is 4.13. The molecule has 0 radical (unpaired) electrons. The summed E-state index contributed by atoms with van der Waals surface area (Å²) in [6.45, 7) is 1.97. The van der Waals surface area contributed by atoms with Crippen LogP contribution in [-0.2, 0) is 13.2 Å². The minimum atomic E-state index is -4.62. The molecule has 12 heteroatoms. The van der Waals surface area contributed by atoms with Gasteiger partial charge in [0, 0.05) is 39.2 Å². The van der Waals surface area contributed by atoms with Gasteiger partial charge >= 0.3 is 12.2 Å². The molecule has 0 unspecified atom stereocenters. The number of urea groups is 1. The molecule has 2 amide bonds. The number of carbonyl (C=O) groups is 1. The van der Waals surface area contributed by atoms with Crippen molar-refractivity contribution in [2.45, 2.75) is 18.0 Å². The van der Waals surface area contributed by atoms with Crippen molar-refractivity contribution in [2.75, 3.05) is 31.8 Å². The number of halogens is 3. The highest BCUT2D eigenvalue weighted by atomic mass is 32.2. The molecule has 0 aliphatic rings. The van der Waals surface area contributed by atoms with Crippen LogP contribution < -0.4 is 4.90 Å². The molecule has 0 saturated carbocycles. The maximum absolute atomic E-state index is 13.0. The molecule has 30 heavy (non-hydrogen) atoms. The first-order valence-electron chi connectivity index (χ1n) is 8.91. The van der Waals surface area contributed by atoms with Gasteiger partial charge < -0.3 is 9.47 Å². The standard InChI is InChI=1S/C18H20F3N7OS/c1-6-30-11-7-8-13(27(4)17(29)26(2)3)23-14(11)16-22-10-9-12(18(19,20)21)24-25-15(10)28(16)5/h7-9H,6H2,1-5H3. The van der Waals surface area contributed by atoms with E-state index in [-0.39, 0.29) is 17.2 Å². The fourth-order valence-corrected chi connectivity index (χ4v) is 3.54. The molecule has 0 atom stereocenters. The number of thioether (sulfide) groups is 1. The van der Waals surface area contributed by atoms with Crippen LogP contribution in [0.15, 0.2) is 23.1 Å². The molecule has 8 nitrogen and oxygen atoms in total. The fourth-order valence-electron chi connectivity index (χ4n) is 2.79. The van der Waals surface area contributed by atoms with Crippen LogP contribution in [-0.4, -0.2) is 62.6 Å². The molecule has 0 aliphatic heterocycles. The molecule has 0 aliphatic carbocycles. The predicted molar refractivity (Wildman–Crippen MR) is 108 cm³/mol. The molecule has 0 N–H and O–H groups in total. The smallest absolute Gasteiger partial charge is 0.330 e. The summed E-state index contributed by atoms with van der Waals surface area (Å²) in [5.41, 5.74) is -0.393. The van der Waals surface area contributed by atoms with Crippen molar-refractivity contribution in [3.63, 3.8) is 0 Å². The van der Waals surface area contributed by atoms with Gasteiger partial charge in [0.25, 0.3) is 0 Å². The molecule has 3 rings (SSSR count). The number of amides is 2. The zero-order chi connectivity index (χ0) is 22.2. The lowest BCUT2D eigenvalue weighted by Gasteiger charge is -2.22. The first-order chi connectivity index (χ1) is 14.0. The highest BCUT2D eigenvalue weighted by Crippen LogP contribution is 2.34. The van der Waals surface area contributed by atoms with Crippen LogP contribution in [0.5, 0.6) is 0 Å². The molecule has 0 fully saturated rings. The van der Waals surface area contributed by atoms with Gasteiger partial charge in [0.2, 0.25) is 0 Å². The minimum absolute atomic E-state index is 0.0622. The summed E-state index contributed by atoms with van der Waals surface area (Å²) >= 11 is 1.51. The molecule has 3 aromatic heterocycles. The Morgan fingerprint density at radius 3 is 2.47 bits per heavy atom. The van der Waals surface area contributed by atoms with E-state index in [9.17, 15) is 18.0 Å². The van der Waals surface area contributed by atoms with Crippen molar-refractivity contribution in [3.05, 3.63) is 23.9 Å². The van der Waals surface area contributed by atoms with Crippen molar-refractivity contribution in [1.29, 1.82) is 0 Å². The normalized spacial score (nSPS) is 11.7. The number of rotatable bonds is 4. The number of pyridine rings is 1. The van der Waals surface area contributed by atoms with Gasteiger partial charge in [0.15, 0.2) is 17.2 Å². The third-order valence-electron chi connectivity index (χ3n) is 4.28. The van der Waals surface area contributed by atoms with Crippen LogP contribution >= 0.6 is 11.8 Å². The lowest BCUT2D eigenvalue weighted by atomic mass is 10.3. The quantitative estimate of drug-likeness (QED) is 0.577. The number of hydrogen-bond acceptors (Lipinski definition) is 6. The Hall–Kier alpha value is -2.89. The maximum Gasteiger partial charge on any atom is 0.435 e. The average Bonchev–Trinajstić information content (AvgIpc) is 3.02. The lowest BCUT2D eigenvalue weighted by molar-refractivity contribution is -0.141. The summed E-state index contributed by atoms with van der Waals surface area (Å²) in [5, 5.41) is 6.98. The largest absolute Gasteiger partial charge is 0.435 e. The summed E-state index contributed by atoms with van der Waals surface area (Å²) in [4.78, 5) is 24.8. The maximum atomic E-state index is 13.0. The molecule has 0 aromatic carbocycles. The summed E-state index contributed by atoms with van der Waals surface area (Å²) in [7, 11) is 6.49. The molecule has 160 valence electrons. The number of anilines is 1. The van der Waals surface area contributed by atoms with E-state index in [1.807, 2.05) is 13.0 Å². The summed E-state index contributed by atoms with van der Waals surface area (Å²) in [6.07, 6.45) is -4.62. The van der Waals surface area contributed by atoms with Crippen LogP contribution in [0.4, 0.5) is 23.8 Å². The zero-order valence-corrected chi connectivity index (χ0v) is 17.8. The van der Waals surface area contributed by atoms with Gasteiger partial charge in [-0.25, -0.2) is 14.8 Å². The van der Waals surface area contributed by atoms with Gasteiger partial charge in [0.1, 0.15) is 17.0 Å². The molecule has 0 saturated heterocycles. The zero-order valence-electron chi connectivity index (χ0n) is 17.0. The van der Waals surface area contributed by atoms with Gasteiger partial charge in [0.05, 0.1) is 0 Å². The summed E-state index contributed by atoms with van der Waals surface area (Å²) < 4.78 is 40.5.